The van der Waals surface area contributed by atoms with Crippen LogP contribution in [0.1, 0.15) is 18.1 Å². The molecule has 1 saturated heterocycles. The first kappa shape index (κ1) is 16.1. The van der Waals surface area contributed by atoms with Crippen LogP contribution in [0.4, 0.5) is 0 Å². The first-order valence-electron chi connectivity index (χ1n) is 7.33. The summed E-state index contributed by atoms with van der Waals surface area (Å²) in [6.45, 7) is 3.29. The van der Waals surface area contributed by atoms with Crippen LogP contribution < -0.4 is 14.8 Å². The molecule has 0 radical (unpaired) electrons. The molecule has 1 N–H and O–H groups in total. The third kappa shape index (κ3) is 4.09. The van der Waals surface area contributed by atoms with E-state index in [0.717, 1.165) is 49.8 Å². The van der Waals surface area contributed by atoms with Crippen molar-refractivity contribution in [2.45, 2.75) is 12.5 Å². The normalized spacial score (nSPS) is 21.5. The SMILES string of the molecule is COCCNCC1CCOC1c1ccc(OC)cc1OC. The van der Waals surface area contributed by atoms with Crippen LogP contribution in [0, 0.1) is 5.92 Å². The zero-order valence-electron chi connectivity index (χ0n) is 13.1. The summed E-state index contributed by atoms with van der Waals surface area (Å²) < 4.78 is 21.7. The smallest absolute Gasteiger partial charge is 0.128 e. The summed E-state index contributed by atoms with van der Waals surface area (Å²) in [5.74, 6) is 2.07. The third-order valence-corrected chi connectivity index (χ3v) is 3.85. The van der Waals surface area contributed by atoms with Gasteiger partial charge in [-0.15, -0.1) is 0 Å². The molecule has 0 aliphatic carbocycles. The molecule has 2 rings (SSSR count). The number of rotatable bonds is 8. The Bertz CT molecular complexity index is 438. The van der Waals surface area contributed by atoms with Crippen molar-refractivity contribution < 1.29 is 18.9 Å². The van der Waals surface area contributed by atoms with Crippen LogP contribution in [0.5, 0.6) is 11.5 Å². The van der Waals surface area contributed by atoms with E-state index in [1.807, 2.05) is 18.2 Å². The molecule has 0 bridgehead atoms. The summed E-state index contributed by atoms with van der Waals surface area (Å²) in [5, 5.41) is 3.42. The Morgan fingerprint density at radius 1 is 1.24 bits per heavy atom. The van der Waals surface area contributed by atoms with Gasteiger partial charge in [0.2, 0.25) is 0 Å². The average molecular weight is 295 g/mol. The van der Waals surface area contributed by atoms with Gasteiger partial charge in [0.05, 0.1) is 26.9 Å². The minimum Gasteiger partial charge on any atom is -0.497 e. The molecule has 1 aromatic rings. The van der Waals surface area contributed by atoms with Gasteiger partial charge in [0.25, 0.3) is 0 Å². The molecule has 1 aliphatic rings. The van der Waals surface area contributed by atoms with E-state index >= 15 is 0 Å². The molecule has 2 atom stereocenters. The fourth-order valence-corrected chi connectivity index (χ4v) is 2.70. The van der Waals surface area contributed by atoms with E-state index in [1.54, 1.807) is 21.3 Å². The van der Waals surface area contributed by atoms with Crippen LogP contribution in [-0.4, -0.2) is 47.6 Å². The second kappa shape index (κ2) is 8.22. The van der Waals surface area contributed by atoms with Gasteiger partial charge >= 0.3 is 0 Å². The molecule has 1 aromatic carbocycles. The standard InChI is InChI=1S/C16H25NO4/c1-18-9-7-17-11-12-6-8-21-16(12)14-5-4-13(19-2)10-15(14)20-3/h4-5,10,12,16-17H,6-9,11H2,1-3H3. The molecule has 0 spiro atoms. The van der Waals surface area contributed by atoms with E-state index in [-0.39, 0.29) is 6.10 Å². The molecular formula is C16H25NO4. The maximum Gasteiger partial charge on any atom is 0.128 e. The predicted octanol–water partition coefficient (Wildman–Crippen LogP) is 2.02. The van der Waals surface area contributed by atoms with Crippen LogP contribution in [0.15, 0.2) is 18.2 Å². The monoisotopic (exact) mass is 295 g/mol. The summed E-state index contributed by atoms with van der Waals surface area (Å²) in [5.41, 5.74) is 1.09. The van der Waals surface area contributed by atoms with Gasteiger partial charge in [0, 0.05) is 44.4 Å². The van der Waals surface area contributed by atoms with Crippen LogP contribution in [0.3, 0.4) is 0 Å². The van der Waals surface area contributed by atoms with Crippen molar-refractivity contribution in [1.82, 2.24) is 5.32 Å². The lowest BCUT2D eigenvalue weighted by molar-refractivity contribution is 0.0875. The number of ether oxygens (including phenoxy) is 4. The van der Waals surface area contributed by atoms with Crippen molar-refractivity contribution in [3.63, 3.8) is 0 Å². The van der Waals surface area contributed by atoms with E-state index in [9.17, 15) is 0 Å². The molecule has 1 aliphatic heterocycles. The molecule has 118 valence electrons. The molecule has 5 heteroatoms. The second-order valence-electron chi connectivity index (χ2n) is 5.14. The number of methoxy groups -OCH3 is 3. The summed E-state index contributed by atoms with van der Waals surface area (Å²) in [4.78, 5) is 0. The second-order valence-corrected chi connectivity index (χ2v) is 5.14. The highest BCUT2D eigenvalue weighted by Crippen LogP contribution is 2.40. The van der Waals surface area contributed by atoms with Gasteiger partial charge in [-0.3, -0.25) is 0 Å². The van der Waals surface area contributed by atoms with Gasteiger partial charge in [-0.05, 0) is 18.6 Å². The minimum absolute atomic E-state index is 0.0703. The fourth-order valence-electron chi connectivity index (χ4n) is 2.70. The Kier molecular flexibility index (Phi) is 6.29. The predicted molar refractivity (Wildman–Crippen MR) is 81.1 cm³/mol. The first-order valence-corrected chi connectivity index (χ1v) is 7.33. The van der Waals surface area contributed by atoms with Gasteiger partial charge in [0.15, 0.2) is 0 Å². The van der Waals surface area contributed by atoms with Gasteiger partial charge in [-0.1, -0.05) is 0 Å². The average Bonchev–Trinajstić information content (AvgIpc) is 2.99. The maximum atomic E-state index is 5.93. The highest BCUT2D eigenvalue weighted by atomic mass is 16.5. The lowest BCUT2D eigenvalue weighted by Gasteiger charge is -2.21. The Morgan fingerprint density at radius 2 is 2.10 bits per heavy atom. The van der Waals surface area contributed by atoms with Crippen molar-refractivity contribution in [2.75, 3.05) is 47.6 Å². The minimum atomic E-state index is 0.0703. The van der Waals surface area contributed by atoms with Crippen LogP contribution in [0.25, 0.3) is 0 Å². The lowest BCUT2D eigenvalue weighted by atomic mass is 9.94. The molecule has 21 heavy (non-hydrogen) atoms. The summed E-state index contributed by atoms with van der Waals surface area (Å²) >= 11 is 0. The fraction of sp³-hybridized carbons (Fsp3) is 0.625. The van der Waals surface area contributed by atoms with Crippen molar-refractivity contribution in [2.24, 2.45) is 5.92 Å². The highest BCUT2D eigenvalue weighted by Gasteiger charge is 2.31. The highest BCUT2D eigenvalue weighted by molar-refractivity contribution is 5.42. The van der Waals surface area contributed by atoms with E-state index in [1.165, 1.54) is 0 Å². The van der Waals surface area contributed by atoms with Crippen LogP contribution >= 0.6 is 0 Å². The Balaban J connectivity index is 2.05. The van der Waals surface area contributed by atoms with Crippen LogP contribution in [-0.2, 0) is 9.47 Å². The van der Waals surface area contributed by atoms with Gasteiger partial charge in [-0.25, -0.2) is 0 Å². The molecule has 1 fully saturated rings. The van der Waals surface area contributed by atoms with Gasteiger partial charge in [-0.2, -0.15) is 0 Å². The Hall–Kier alpha value is -1.30. The third-order valence-electron chi connectivity index (χ3n) is 3.85. The Morgan fingerprint density at radius 3 is 2.81 bits per heavy atom. The number of hydrogen-bond donors (Lipinski definition) is 1. The van der Waals surface area contributed by atoms with E-state index < -0.39 is 0 Å². The molecule has 2 unspecified atom stereocenters. The summed E-state index contributed by atoms with van der Waals surface area (Å²) in [6, 6.07) is 5.90. The molecule has 0 aromatic heterocycles. The Labute approximate surface area is 126 Å². The van der Waals surface area contributed by atoms with Crippen molar-refractivity contribution in [3.8, 4) is 11.5 Å². The van der Waals surface area contributed by atoms with Crippen LogP contribution in [0.2, 0.25) is 0 Å². The summed E-state index contributed by atoms with van der Waals surface area (Å²) in [7, 11) is 5.05. The molecule has 0 saturated carbocycles. The summed E-state index contributed by atoms with van der Waals surface area (Å²) in [6.07, 6.45) is 1.13. The van der Waals surface area contributed by atoms with Crippen molar-refractivity contribution >= 4 is 0 Å². The first-order chi connectivity index (χ1) is 10.3. The zero-order chi connectivity index (χ0) is 15.1. The zero-order valence-corrected chi connectivity index (χ0v) is 13.1. The largest absolute Gasteiger partial charge is 0.497 e. The van der Waals surface area contributed by atoms with Crippen molar-refractivity contribution in [1.29, 1.82) is 0 Å². The van der Waals surface area contributed by atoms with Gasteiger partial charge in [0.1, 0.15) is 11.5 Å². The van der Waals surface area contributed by atoms with Gasteiger partial charge < -0.3 is 24.3 Å². The van der Waals surface area contributed by atoms with E-state index in [0.29, 0.717) is 5.92 Å². The topological polar surface area (TPSA) is 49.0 Å². The number of hydrogen-bond acceptors (Lipinski definition) is 5. The quantitative estimate of drug-likeness (QED) is 0.744. The molecule has 0 amide bonds. The van der Waals surface area contributed by atoms with E-state index in [4.69, 9.17) is 18.9 Å². The molecule has 5 nitrogen and oxygen atoms in total. The maximum absolute atomic E-state index is 5.93. The lowest BCUT2D eigenvalue weighted by Crippen LogP contribution is -2.27. The molecular weight excluding hydrogens is 270 g/mol. The molecule has 1 heterocycles. The number of benzene rings is 1. The number of nitrogens with one attached hydrogen (secondary N) is 1. The van der Waals surface area contributed by atoms with Crippen molar-refractivity contribution in [3.05, 3.63) is 23.8 Å². The van der Waals surface area contributed by atoms with E-state index in [2.05, 4.69) is 5.32 Å².